The van der Waals surface area contributed by atoms with Crippen molar-refractivity contribution in [2.75, 3.05) is 0 Å². The Morgan fingerprint density at radius 2 is 2.00 bits per heavy atom. The van der Waals surface area contributed by atoms with Crippen LogP contribution in [-0.2, 0) is 0 Å². The molecule has 0 fully saturated rings. The molecule has 98 valence electrons. The molecule has 0 nitrogen and oxygen atoms in total. The minimum absolute atomic E-state index is 0.564. The summed E-state index contributed by atoms with van der Waals surface area (Å²) in [4.78, 5) is 0. The highest BCUT2D eigenvalue weighted by atomic mass is 14.1. The van der Waals surface area contributed by atoms with Gasteiger partial charge < -0.3 is 0 Å². The van der Waals surface area contributed by atoms with Crippen molar-refractivity contribution in [3.05, 3.63) is 53.1 Å². The molecule has 0 atom stereocenters. The van der Waals surface area contributed by atoms with Crippen LogP contribution in [0.15, 0.2) is 36.4 Å². The first-order valence-electron chi connectivity index (χ1n) is 7.03. The molecule has 0 aliphatic rings. The summed E-state index contributed by atoms with van der Waals surface area (Å²) in [6, 6.07) is 6.78. The van der Waals surface area contributed by atoms with Crippen LogP contribution in [0.5, 0.6) is 0 Å². The fraction of sp³-hybridized carbons (Fsp3) is 0.444. The number of hydrogen-bond donors (Lipinski definition) is 0. The molecule has 0 bridgehead atoms. The molecular weight excluding hydrogens is 216 g/mol. The summed E-state index contributed by atoms with van der Waals surface area (Å²) < 4.78 is 0. The van der Waals surface area contributed by atoms with E-state index in [1.54, 1.807) is 0 Å². The van der Waals surface area contributed by atoms with E-state index in [1.807, 2.05) is 0 Å². The number of allylic oxidation sites excluding steroid dienone is 4. The summed E-state index contributed by atoms with van der Waals surface area (Å²) in [5.74, 6) is 0.564. The zero-order valence-electron chi connectivity index (χ0n) is 12.5. The van der Waals surface area contributed by atoms with Crippen LogP contribution < -0.4 is 0 Å². The van der Waals surface area contributed by atoms with E-state index in [1.165, 1.54) is 28.7 Å². The Morgan fingerprint density at radius 1 is 1.28 bits per heavy atom. The molecule has 0 saturated heterocycles. The average Bonchev–Trinajstić information content (AvgIpc) is 2.35. The molecule has 0 aliphatic carbocycles. The van der Waals surface area contributed by atoms with Gasteiger partial charge in [0.2, 0.25) is 0 Å². The first-order chi connectivity index (χ1) is 8.60. The van der Waals surface area contributed by atoms with Crippen LogP contribution in [0.3, 0.4) is 0 Å². The number of aryl methyl sites for hydroxylation is 1. The first-order valence-corrected chi connectivity index (χ1v) is 7.03. The van der Waals surface area contributed by atoms with E-state index in [0.29, 0.717) is 5.92 Å². The predicted molar refractivity (Wildman–Crippen MR) is 83.0 cm³/mol. The largest absolute Gasteiger partial charge is 0.0839 e. The number of hydrogen-bond acceptors (Lipinski definition) is 0. The van der Waals surface area contributed by atoms with Crippen LogP contribution in [-0.4, -0.2) is 0 Å². The van der Waals surface area contributed by atoms with Gasteiger partial charge in [-0.2, -0.15) is 0 Å². The lowest BCUT2D eigenvalue weighted by Crippen LogP contribution is -1.96. The van der Waals surface area contributed by atoms with Gasteiger partial charge in [-0.25, -0.2) is 0 Å². The van der Waals surface area contributed by atoms with Crippen LogP contribution in [0, 0.1) is 6.92 Å². The Labute approximate surface area is 112 Å². The molecule has 0 aromatic heterocycles. The molecule has 1 rings (SSSR count). The van der Waals surface area contributed by atoms with E-state index in [-0.39, 0.29) is 0 Å². The highest BCUT2D eigenvalue weighted by molar-refractivity contribution is 5.76. The van der Waals surface area contributed by atoms with E-state index in [2.05, 4.69) is 71.0 Å². The van der Waals surface area contributed by atoms with Crippen LogP contribution in [0.25, 0.3) is 5.57 Å². The molecule has 0 unspecified atom stereocenters. The smallest absolute Gasteiger partial charge is 0.0153 e. The highest BCUT2D eigenvalue weighted by Gasteiger charge is 2.08. The first kappa shape index (κ1) is 14.8. The van der Waals surface area contributed by atoms with E-state index < -0.39 is 0 Å². The molecule has 18 heavy (non-hydrogen) atoms. The van der Waals surface area contributed by atoms with Crippen LogP contribution in [0.2, 0.25) is 0 Å². The Hall–Kier alpha value is -1.30. The Balaban J connectivity index is 3.14. The van der Waals surface area contributed by atoms with Crippen molar-refractivity contribution in [1.82, 2.24) is 0 Å². The molecule has 0 aliphatic heterocycles. The lowest BCUT2D eigenvalue weighted by molar-refractivity contribution is 0.861. The quantitative estimate of drug-likeness (QED) is 0.566. The Morgan fingerprint density at radius 3 is 2.56 bits per heavy atom. The van der Waals surface area contributed by atoms with Gasteiger partial charge in [-0.1, -0.05) is 69.2 Å². The van der Waals surface area contributed by atoms with Crippen LogP contribution >= 0.6 is 0 Å². The number of benzene rings is 1. The summed E-state index contributed by atoms with van der Waals surface area (Å²) in [6.45, 7) is 11.0. The summed E-state index contributed by atoms with van der Waals surface area (Å²) in [7, 11) is 0. The fourth-order valence-corrected chi connectivity index (χ4v) is 2.14. The summed E-state index contributed by atoms with van der Waals surface area (Å²) in [6.07, 6.45) is 9.11. The number of rotatable bonds is 5. The van der Waals surface area contributed by atoms with Crippen molar-refractivity contribution in [3.63, 3.8) is 0 Å². The molecule has 0 saturated carbocycles. The second-order valence-electron chi connectivity index (χ2n) is 5.18. The summed E-state index contributed by atoms with van der Waals surface area (Å²) in [5.41, 5.74) is 5.51. The van der Waals surface area contributed by atoms with Gasteiger partial charge in [0.15, 0.2) is 0 Å². The number of unbranched alkanes of at least 4 members (excludes halogenated alkanes) is 1. The van der Waals surface area contributed by atoms with Crippen molar-refractivity contribution >= 4 is 5.57 Å². The normalized spacial score (nSPS) is 12.7. The van der Waals surface area contributed by atoms with Gasteiger partial charge in [0.05, 0.1) is 0 Å². The monoisotopic (exact) mass is 242 g/mol. The van der Waals surface area contributed by atoms with Gasteiger partial charge in [0, 0.05) is 0 Å². The van der Waals surface area contributed by atoms with Gasteiger partial charge in [0.1, 0.15) is 0 Å². The predicted octanol–water partition coefficient (Wildman–Crippen LogP) is 5.88. The molecule has 1 aromatic carbocycles. The standard InChI is InChI=1S/C18H26/c1-6-8-9-10-16(7-2)17-12-11-15(5)13-18(17)14(3)4/h7,9-14H,6,8H2,1-5H3/b10-9+,16-7+. The second-order valence-corrected chi connectivity index (χ2v) is 5.18. The third-order valence-corrected chi connectivity index (χ3v) is 3.20. The second kappa shape index (κ2) is 7.20. The summed E-state index contributed by atoms with van der Waals surface area (Å²) in [5, 5.41) is 0. The SMILES string of the molecule is C/C=C(\C=C\CCC)c1ccc(C)cc1C(C)C. The molecule has 0 N–H and O–H groups in total. The third-order valence-electron chi connectivity index (χ3n) is 3.20. The van der Waals surface area contributed by atoms with E-state index in [4.69, 9.17) is 0 Å². The van der Waals surface area contributed by atoms with Gasteiger partial charge in [0.25, 0.3) is 0 Å². The zero-order valence-corrected chi connectivity index (χ0v) is 12.5. The van der Waals surface area contributed by atoms with E-state index in [0.717, 1.165) is 6.42 Å². The van der Waals surface area contributed by atoms with E-state index in [9.17, 15) is 0 Å². The maximum Gasteiger partial charge on any atom is -0.0153 e. The van der Waals surface area contributed by atoms with Gasteiger partial charge in [-0.05, 0) is 42.9 Å². The molecule has 0 radical (unpaired) electrons. The molecule has 0 amide bonds. The highest BCUT2D eigenvalue weighted by Crippen LogP contribution is 2.27. The maximum absolute atomic E-state index is 2.32. The van der Waals surface area contributed by atoms with Crippen molar-refractivity contribution < 1.29 is 0 Å². The molecule has 0 spiro atoms. The summed E-state index contributed by atoms with van der Waals surface area (Å²) >= 11 is 0. The van der Waals surface area contributed by atoms with Crippen molar-refractivity contribution in [3.8, 4) is 0 Å². The Kier molecular flexibility index (Phi) is 5.91. The third kappa shape index (κ3) is 3.87. The maximum atomic E-state index is 2.32. The lowest BCUT2D eigenvalue weighted by Gasteiger charge is -2.14. The van der Waals surface area contributed by atoms with Crippen LogP contribution in [0.1, 0.15) is 63.1 Å². The van der Waals surface area contributed by atoms with Crippen molar-refractivity contribution in [2.24, 2.45) is 0 Å². The average molecular weight is 242 g/mol. The lowest BCUT2D eigenvalue weighted by atomic mass is 9.90. The van der Waals surface area contributed by atoms with Crippen molar-refractivity contribution in [2.45, 2.75) is 53.4 Å². The minimum atomic E-state index is 0.564. The van der Waals surface area contributed by atoms with E-state index >= 15 is 0 Å². The molecule has 0 heteroatoms. The molecule has 1 aromatic rings. The molecular formula is C18H26. The van der Waals surface area contributed by atoms with Gasteiger partial charge >= 0.3 is 0 Å². The van der Waals surface area contributed by atoms with Crippen molar-refractivity contribution in [1.29, 1.82) is 0 Å². The zero-order chi connectivity index (χ0) is 13.5. The van der Waals surface area contributed by atoms with Crippen LogP contribution in [0.4, 0.5) is 0 Å². The minimum Gasteiger partial charge on any atom is -0.0839 e. The van der Waals surface area contributed by atoms with Gasteiger partial charge in [-0.15, -0.1) is 0 Å². The fourth-order valence-electron chi connectivity index (χ4n) is 2.14. The van der Waals surface area contributed by atoms with Gasteiger partial charge in [-0.3, -0.25) is 0 Å². The molecule has 0 heterocycles. The topological polar surface area (TPSA) is 0 Å². The Bertz CT molecular complexity index is 433.